The van der Waals surface area contributed by atoms with E-state index < -0.39 is 0 Å². The lowest BCUT2D eigenvalue weighted by atomic mass is 10.1. The highest BCUT2D eigenvalue weighted by Crippen LogP contribution is 2.21. The molecule has 0 bridgehead atoms. The third-order valence-corrected chi connectivity index (χ3v) is 4.65. The summed E-state index contributed by atoms with van der Waals surface area (Å²) in [5.74, 6) is 0.0871. The van der Waals surface area contributed by atoms with Crippen LogP contribution in [0, 0.1) is 5.82 Å². The monoisotopic (exact) mass is 380 g/mol. The third kappa shape index (κ3) is 4.47. The zero-order valence-electron chi connectivity index (χ0n) is 15.3. The molecule has 1 fully saturated rings. The van der Waals surface area contributed by atoms with Crippen molar-refractivity contribution >= 4 is 5.95 Å². The normalized spacial score (nSPS) is 15.9. The van der Waals surface area contributed by atoms with Crippen molar-refractivity contribution < 1.29 is 9.13 Å². The molecule has 1 aliphatic rings. The van der Waals surface area contributed by atoms with E-state index in [-0.39, 0.29) is 11.9 Å². The second-order valence-electron chi connectivity index (χ2n) is 6.48. The molecule has 8 heteroatoms. The second-order valence-corrected chi connectivity index (χ2v) is 6.48. The maximum absolute atomic E-state index is 13.5. The number of nitrogens with one attached hydrogen (secondary N) is 1. The van der Waals surface area contributed by atoms with Gasteiger partial charge in [-0.25, -0.2) is 9.37 Å². The summed E-state index contributed by atoms with van der Waals surface area (Å²) >= 11 is 0. The van der Waals surface area contributed by atoms with Crippen LogP contribution in [0.5, 0.6) is 0 Å². The minimum atomic E-state index is -0.312. The fourth-order valence-electron chi connectivity index (χ4n) is 3.24. The number of pyridine rings is 1. The summed E-state index contributed by atoms with van der Waals surface area (Å²) < 4.78 is 19.0. The van der Waals surface area contributed by atoms with Gasteiger partial charge in [-0.1, -0.05) is 18.2 Å². The van der Waals surface area contributed by atoms with E-state index >= 15 is 0 Å². The molecule has 1 N–H and O–H groups in total. The summed E-state index contributed by atoms with van der Waals surface area (Å²) in [5, 5.41) is 11.3. The molecule has 0 aliphatic carbocycles. The van der Waals surface area contributed by atoms with Crippen molar-refractivity contribution in [3.05, 3.63) is 66.4 Å². The Morgan fingerprint density at radius 1 is 1.14 bits per heavy atom. The molecule has 3 heterocycles. The summed E-state index contributed by atoms with van der Waals surface area (Å²) in [5.41, 5.74) is 2.20. The van der Waals surface area contributed by atoms with Crippen molar-refractivity contribution in [2.45, 2.75) is 6.04 Å². The first-order valence-electron chi connectivity index (χ1n) is 9.22. The predicted molar refractivity (Wildman–Crippen MR) is 103 cm³/mol. The number of hydrogen-bond donors (Lipinski definition) is 1. The largest absolute Gasteiger partial charge is 0.379 e. The summed E-state index contributed by atoms with van der Waals surface area (Å²) in [7, 11) is 0. The van der Waals surface area contributed by atoms with Crippen LogP contribution in [0.25, 0.3) is 11.3 Å². The molecule has 7 nitrogen and oxygen atoms in total. The maximum atomic E-state index is 13.5. The van der Waals surface area contributed by atoms with Gasteiger partial charge in [0.2, 0.25) is 5.95 Å². The first-order chi connectivity index (χ1) is 13.8. The molecule has 1 atom stereocenters. The van der Waals surface area contributed by atoms with E-state index in [1.807, 2.05) is 18.2 Å². The molecular weight excluding hydrogens is 359 g/mol. The lowest BCUT2D eigenvalue weighted by Crippen LogP contribution is -2.42. The van der Waals surface area contributed by atoms with Gasteiger partial charge in [-0.2, -0.15) is 5.10 Å². The van der Waals surface area contributed by atoms with E-state index in [1.54, 1.807) is 18.3 Å². The van der Waals surface area contributed by atoms with Crippen LogP contribution in [0.4, 0.5) is 10.3 Å². The quantitative estimate of drug-likeness (QED) is 0.704. The van der Waals surface area contributed by atoms with Crippen LogP contribution in [0.15, 0.2) is 54.9 Å². The Morgan fingerprint density at radius 3 is 2.82 bits per heavy atom. The zero-order valence-corrected chi connectivity index (χ0v) is 15.3. The minimum Gasteiger partial charge on any atom is -0.379 e. The average molecular weight is 380 g/mol. The molecule has 0 spiro atoms. The van der Waals surface area contributed by atoms with Gasteiger partial charge in [0.15, 0.2) is 0 Å². The van der Waals surface area contributed by atoms with E-state index in [0.29, 0.717) is 37.0 Å². The van der Waals surface area contributed by atoms with Gasteiger partial charge in [-0.05, 0) is 24.3 Å². The summed E-state index contributed by atoms with van der Waals surface area (Å²) in [6.45, 7) is 3.66. The molecule has 4 rings (SSSR count). The van der Waals surface area contributed by atoms with Gasteiger partial charge < -0.3 is 10.1 Å². The Hall–Kier alpha value is -2.97. The van der Waals surface area contributed by atoms with Gasteiger partial charge in [-0.3, -0.25) is 9.88 Å². The standard InChI is InChI=1S/C20H21FN6O/c21-16-5-3-4-15(12-16)18-13-24-26-20(25-18)23-14-19(17-6-1-2-7-22-17)27-8-10-28-11-9-27/h1-7,12-13,19H,8-11,14H2,(H,23,25,26). The Morgan fingerprint density at radius 2 is 2.04 bits per heavy atom. The van der Waals surface area contributed by atoms with Gasteiger partial charge in [0, 0.05) is 31.4 Å². The Bertz CT molecular complexity index is 904. The molecule has 1 saturated heterocycles. The fraction of sp³-hybridized carbons (Fsp3) is 0.300. The van der Waals surface area contributed by atoms with E-state index in [4.69, 9.17) is 4.74 Å². The zero-order chi connectivity index (χ0) is 19.2. The molecule has 2 aromatic heterocycles. The summed E-state index contributed by atoms with van der Waals surface area (Å²) in [6.07, 6.45) is 3.32. The number of ether oxygens (including phenoxy) is 1. The van der Waals surface area contributed by atoms with Crippen molar-refractivity contribution in [3.8, 4) is 11.3 Å². The maximum Gasteiger partial charge on any atom is 0.243 e. The van der Waals surface area contributed by atoms with Gasteiger partial charge in [-0.15, -0.1) is 5.10 Å². The van der Waals surface area contributed by atoms with Gasteiger partial charge >= 0.3 is 0 Å². The molecule has 1 unspecified atom stereocenters. The van der Waals surface area contributed by atoms with Crippen LogP contribution >= 0.6 is 0 Å². The fourth-order valence-corrected chi connectivity index (χ4v) is 3.24. The molecule has 28 heavy (non-hydrogen) atoms. The molecule has 1 aliphatic heterocycles. The van der Waals surface area contributed by atoms with Crippen molar-refractivity contribution in [1.29, 1.82) is 0 Å². The van der Waals surface area contributed by atoms with Crippen molar-refractivity contribution in [3.63, 3.8) is 0 Å². The number of halogens is 1. The van der Waals surface area contributed by atoms with Crippen molar-refractivity contribution in [1.82, 2.24) is 25.1 Å². The topological polar surface area (TPSA) is 76.1 Å². The smallest absolute Gasteiger partial charge is 0.243 e. The predicted octanol–water partition coefficient (Wildman–Crippen LogP) is 2.56. The van der Waals surface area contributed by atoms with Gasteiger partial charge in [0.05, 0.1) is 36.8 Å². The minimum absolute atomic E-state index is 0.0616. The number of aromatic nitrogens is 4. The SMILES string of the molecule is Fc1cccc(-c2cnnc(NCC(c3ccccn3)N3CCOCC3)n2)c1. The molecule has 0 amide bonds. The average Bonchev–Trinajstić information content (AvgIpc) is 2.76. The number of hydrogen-bond acceptors (Lipinski definition) is 7. The first kappa shape index (κ1) is 18.4. The molecule has 144 valence electrons. The highest BCUT2D eigenvalue weighted by atomic mass is 19.1. The molecule has 1 aromatic carbocycles. The van der Waals surface area contributed by atoms with E-state index in [1.165, 1.54) is 18.3 Å². The number of nitrogens with zero attached hydrogens (tertiary/aromatic N) is 5. The van der Waals surface area contributed by atoms with Crippen LogP contribution in [0.2, 0.25) is 0 Å². The van der Waals surface area contributed by atoms with Gasteiger partial charge in [0.1, 0.15) is 5.82 Å². The van der Waals surface area contributed by atoms with E-state index in [2.05, 4.69) is 30.4 Å². The van der Waals surface area contributed by atoms with Crippen LogP contribution in [-0.2, 0) is 4.74 Å². The summed E-state index contributed by atoms with van der Waals surface area (Å²) in [6, 6.07) is 12.2. The Kier molecular flexibility index (Phi) is 5.79. The van der Waals surface area contributed by atoms with Crippen molar-refractivity contribution in [2.75, 3.05) is 38.2 Å². The van der Waals surface area contributed by atoms with Crippen LogP contribution in [0.3, 0.4) is 0 Å². The Labute approximate surface area is 162 Å². The van der Waals surface area contributed by atoms with Crippen LogP contribution < -0.4 is 5.32 Å². The number of benzene rings is 1. The van der Waals surface area contributed by atoms with Crippen LogP contribution in [0.1, 0.15) is 11.7 Å². The van der Waals surface area contributed by atoms with Gasteiger partial charge in [0.25, 0.3) is 0 Å². The lowest BCUT2D eigenvalue weighted by molar-refractivity contribution is 0.0178. The van der Waals surface area contributed by atoms with E-state index in [9.17, 15) is 4.39 Å². The highest BCUT2D eigenvalue weighted by Gasteiger charge is 2.23. The summed E-state index contributed by atoms with van der Waals surface area (Å²) in [4.78, 5) is 11.3. The number of rotatable bonds is 6. The molecule has 0 saturated carbocycles. The number of anilines is 1. The molecule has 3 aromatic rings. The molecular formula is C20H21FN6O. The van der Waals surface area contributed by atoms with Crippen molar-refractivity contribution in [2.24, 2.45) is 0 Å². The van der Waals surface area contributed by atoms with E-state index in [0.717, 1.165) is 18.8 Å². The highest BCUT2D eigenvalue weighted by molar-refractivity contribution is 5.58. The first-order valence-corrected chi connectivity index (χ1v) is 9.22. The third-order valence-electron chi connectivity index (χ3n) is 4.65. The van der Waals surface area contributed by atoms with Crippen LogP contribution in [-0.4, -0.2) is 57.9 Å². The second kappa shape index (κ2) is 8.81. The Balaban J connectivity index is 1.51. The molecule has 0 radical (unpaired) electrons. The lowest BCUT2D eigenvalue weighted by Gasteiger charge is -2.34. The number of morpholine rings is 1.